The Morgan fingerprint density at radius 3 is 2.23 bits per heavy atom. The number of esters is 1. The van der Waals surface area contributed by atoms with Gasteiger partial charge in [0.15, 0.2) is 0 Å². The van der Waals surface area contributed by atoms with Crippen molar-refractivity contribution in [3.63, 3.8) is 0 Å². The first kappa shape index (κ1) is 33.9. The number of anilines is 1. The van der Waals surface area contributed by atoms with Crippen LogP contribution >= 0.6 is 0 Å². The molecule has 3 rings (SSSR count). The van der Waals surface area contributed by atoms with Crippen molar-refractivity contribution in [2.45, 2.75) is 45.7 Å². The molecular formula is C29H45N7O7. The van der Waals surface area contributed by atoms with E-state index in [1.54, 1.807) is 42.5 Å². The van der Waals surface area contributed by atoms with Gasteiger partial charge in [-0.25, -0.2) is 9.48 Å². The molecule has 4 N–H and O–H groups in total. The van der Waals surface area contributed by atoms with Crippen molar-refractivity contribution in [2.24, 2.45) is 11.7 Å². The minimum absolute atomic E-state index is 0.196. The molecule has 14 heteroatoms. The highest BCUT2D eigenvalue weighted by atomic mass is 16.5. The van der Waals surface area contributed by atoms with Crippen LogP contribution in [0.4, 0.5) is 10.5 Å². The average molecular weight is 604 g/mol. The summed E-state index contributed by atoms with van der Waals surface area (Å²) < 4.78 is 23.0. The van der Waals surface area contributed by atoms with Gasteiger partial charge < -0.3 is 40.2 Å². The van der Waals surface area contributed by atoms with Gasteiger partial charge in [0.25, 0.3) is 0 Å². The Labute approximate surface area is 252 Å². The lowest BCUT2D eigenvalue weighted by molar-refractivity contribution is -0.152. The van der Waals surface area contributed by atoms with E-state index < -0.39 is 11.6 Å². The topological polar surface area (TPSA) is 172 Å². The van der Waals surface area contributed by atoms with Gasteiger partial charge in [-0.1, -0.05) is 17.3 Å². The summed E-state index contributed by atoms with van der Waals surface area (Å²) in [7, 11) is 0. The molecule has 1 fully saturated rings. The minimum atomic E-state index is -1.13. The molecule has 0 unspecified atom stereocenters. The van der Waals surface area contributed by atoms with Crippen LogP contribution in [0, 0.1) is 5.92 Å². The normalized spacial score (nSPS) is 14.0. The van der Waals surface area contributed by atoms with Gasteiger partial charge in [0.2, 0.25) is 5.91 Å². The van der Waals surface area contributed by atoms with Gasteiger partial charge in [-0.3, -0.25) is 9.59 Å². The van der Waals surface area contributed by atoms with Crippen LogP contribution in [0.25, 0.3) is 11.3 Å². The predicted octanol–water partition coefficient (Wildman–Crippen LogP) is 1.66. The van der Waals surface area contributed by atoms with Crippen molar-refractivity contribution >= 4 is 23.6 Å². The first-order chi connectivity index (χ1) is 20.7. The van der Waals surface area contributed by atoms with E-state index in [9.17, 15) is 14.4 Å². The summed E-state index contributed by atoms with van der Waals surface area (Å²) in [5.74, 6) is -0.615. The molecule has 1 aliphatic rings. The van der Waals surface area contributed by atoms with Crippen LogP contribution in [0.15, 0.2) is 30.5 Å². The number of nitrogens with one attached hydrogen (secondary N) is 2. The maximum Gasteiger partial charge on any atom is 0.320 e. The summed E-state index contributed by atoms with van der Waals surface area (Å²) in [6.45, 7) is 10.4. The zero-order valence-electron chi connectivity index (χ0n) is 25.4. The third-order valence-electron chi connectivity index (χ3n) is 6.81. The van der Waals surface area contributed by atoms with E-state index in [2.05, 4.69) is 20.9 Å². The average Bonchev–Trinajstić information content (AvgIpc) is 3.47. The zero-order chi connectivity index (χ0) is 31.1. The molecule has 0 spiro atoms. The SMILES string of the molecule is CCOC(=O)C1CCN(C(=O)C(C)(C)NC(=O)Nc2ccc(-c3cn(CCOCCOCCOCCN)nn3)cc2)CC1. The molecule has 0 aliphatic carbocycles. The van der Waals surface area contributed by atoms with E-state index in [4.69, 9.17) is 24.7 Å². The molecule has 1 aromatic heterocycles. The number of carbonyl (C=O) groups excluding carboxylic acids is 3. The van der Waals surface area contributed by atoms with Crippen molar-refractivity contribution in [2.75, 3.05) is 71.2 Å². The highest BCUT2D eigenvalue weighted by molar-refractivity contribution is 5.95. The highest BCUT2D eigenvalue weighted by Gasteiger charge is 2.36. The number of urea groups is 1. The molecule has 0 bridgehead atoms. The van der Waals surface area contributed by atoms with Gasteiger partial charge in [0.05, 0.1) is 64.9 Å². The largest absolute Gasteiger partial charge is 0.466 e. The highest BCUT2D eigenvalue weighted by Crippen LogP contribution is 2.22. The molecule has 0 radical (unpaired) electrons. The molecular weight excluding hydrogens is 558 g/mol. The molecule has 0 saturated carbocycles. The molecule has 0 atom stereocenters. The molecule has 1 aromatic carbocycles. The number of aromatic nitrogens is 3. The quantitative estimate of drug-likeness (QED) is 0.178. The Bertz CT molecular complexity index is 1150. The fourth-order valence-corrected chi connectivity index (χ4v) is 4.52. The predicted molar refractivity (Wildman–Crippen MR) is 159 cm³/mol. The molecule has 14 nitrogen and oxygen atoms in total. The first-order valence-corrected chi connectivity index (χ1v) is 14.7. The van der Waals surface area contributed by atoms with Crippen LogP contribution < -0.4 is 16.4 Å². The van der Waals surface area contributed by atoms with E-state index in [0.717, 1.165) is 5.56 Å². The number of likely N-dealkylation sites (tertiary alicyclic amines) is 1. The fraction of sp³-hybridized carbons (Fsp3) is 0.621. The van der Waals surface area contributed by atoms with Crippen LogP contribution in [0.2, 0.25) is 0 Å². The van der Waals surface area contributed by atoms with Crippen LogP contribution in [0.3, 0.4) is 0 Å². The monoisotopic (exact) mass is 603 g/mol. The fourth-order valence-electron chi connectivity index (χ4n) is 4.52. The van der Waals surface area contributed by atoms with E-state index in [-0.39, 0.29) is 17.8 Å². The molecule has 1 saturated heterocycles. The Kier molecular flexibility index (Phi) is 13.8. The second kappa shape index (κ2) is 17.5. The van der Waals surface area contributed by atoms with E-state index in [1.807, 2.05) is 18.3 Å². The smallest absolute Gasteiger partial charge is 0.320 e. The lowest BCUT2D eigenvalue weighted by Crippen LogP contribution is -2.58. The third kappa shape index (κ3) is 11.2. The van der Waals surface area contributed by atoms with Gasteiger partial charge in [-0.15, -0.1) is 5.10 Å². The van der Waals surface area contributed by atoms with E-state index in [1.165, 1.54) is 0 Å². The number of hydrogen-bond acceptors (Lipinski definition) is 10. The summed E-state index contributed by atoms with van der Waals surface area (Å²) in [5.41, 5.74) is 6.32. The molecule has 238 valence electrons. The standard InChI is InChI=1S/C29H45N7O7/c1-4-43-26(37)23-9-12-35(13-10-23)27(38)29(2,3)32-28(39)31-24-7-5-22(6-8-24)25-21-36(34-33-25)14-16-41-18-20-42-19-17-40-15-11-30/h5-8,21,23H,4,9-20,30H2,1-3H3,(H2,31,32,39). The van der Waals surface area contributed by atoms with Crippen LogP contribution in [0.5, 0.6) is 0 Å². The number of nitrogens with two attached hydrogens (primary N) is 1. The second-order valence-electron chi connectivity index (χ2n) is 10.6. The molecule has 2 heterocycles. The lowest BCUT2D eigenvalue weighted by atomic mass is 9.94. The van der Waals surface area contributed by atoms with Crippen LogP contribution in [0.1, 0.15) is 33.6 Å². The molecule has 43 heavy (non-hydrogen) atoms. The van der Waals surface area contributed by atoms with Crippen LogP contribution in [-0.4, -0.2) is 109 Å². The van der Waals surface area contributed by atoms with Crippen molar-refractivity contribution in [3.05, 3.63) is 30.5 Å². The third-order valence-corrected chi connectivity index (χ3v) is 6.81. The van der Waals surface area contributed by atoms with Gasteiger partial charge in [-0.2, -0.15) is 0 Å². The number of nitrogens with zero attached hydrogens (tertiary/aromatic N) is 4. The van der Waals surface area contributed by atoms with E-state index in [0.29, 0.717) is 96.7 Å². The number of rotatable bonds is 17. The summed E-state index contributed by atoms with van der Waals surface area (Å²) in [6.07, 6.45) is 2.92. The summed E-state index contributed by atoms with van der Waals surface area (Å²) in [5, 5.41) is 13.9. The summed E-state index contributed by atoms with van der Waals surface area (Å²) in [6, 6.07) is 6.68. The number of benzene rings is 1. The molecule has 1 aliphatic heterocycles. The second-order valence-corrected chi connectivity index (χ2v) is 10.6. The Morgan fingerprint density at radius 1 is 0.977 bits per heavy atom. The Hall–Kier alpha value is -3.59. The number of piperidine rings is 1. The summed E-state index contributed by atoms with van der Waals surface area (Å²) in [4.78, 5) is 39.5. The number of hydrogen-bond donors (Lipinski definition) is 3. The van der Waals surface area contributed by atoms with Gasteiger partial charge in [0, 0.05) is 30.9 Å². The van der Waals surface area contributed by atoms with Gasteiger partial charge in [0.1, 0.15) is 11.2 Å². The molecule has 2 aromatic rings. The van der Waals surface area contributed by atoms with Crippen molar-refractivity contribution in [1.29, 1.82) is 0 Å². The van der Waals surface area contributed by atoms with Crippen LogP contribution in [-0.2, 0) is 35.1 Å². The van der Waals surface area contributed by atoms with Crippen molar-refractivity contribution in [1.82, 2.24) is 25.2 Å². The van der Waals surface area contributed by atoms with Crippen molar-refractivity contribution in [3.8, 4) is 11.3 Å². The van der Waals surface area contributed by atoms with E-state index >= 15 is 0 Å². The van der Waals surface area contributed by atoms with Gasteiger partial charge in [-0.05, 0) is 45.7 Å². The Morgan fingerprint density at radius 2 is 1.60 bits per heavy atom. The number of carbonyl (C=O) groups is 3. The number of ether oxygens (including phenoxy) is 4. The lowest BCUT2D eigenvalue weighted by Gasteiger charge is -2.36. The zero-order valence-corrected chi connectivity index (χ0v) is 25.4. The Balaban J connectivity index is 1.38. The first-order valence-electron chi connectivity index (χ1n) is 14.7. The number of amides is 3. The minimum Gasteiger partial charge on any atom is -0.466 e. The van der Waals surface area contributed by atoms with Crippen molar-refractivity contribution < 1.29 is 33.3 Å². The maximum absolute atomic E-state index is 13.1. The summed E-state index contributed by atoms with van der Waals surface area (Å²) >= 11 is 0. The maximum atomic E-state index is 13.1. The molecule has 3 amide bonds. The van der Waals surface area contributed by atoms with Gasteiger partial charge >= 0.3 is 12.0 Å².